The van der Waals surface area contributed by atoms with Crippen molar-refractivity contribution in [2.24, 2.45) is 0 Å². The van der Waals surface area contributed by atoms with Gasteiger partial charge in [0.2, 0.25) is 0 Å². The van der Waals surface area contributed by atoms with Crippen LogP contribution in [-0.2, 0) is 4.74 Å². The van der Waals surface area contributed by atoms with Crippen molar-refractivity contribution in [3.63, 3.8) is 0 Å². The van der Waals surface area contributed by atoms with Crippen LogP contribution >= 0.6 is 0 Å². The van der Waals surface area contributed by atoms with Gasteiger partial charge in [0, 0.05) is 17.6 Å². The first-order valence-corrected chi connectivity index (χ1v) is 6.35. The van der Waals surface area contributed by atoms with Gasteiger partial charge in [0.1, 0.15) is 5.75 Å². The third-order valence-electron chi connectivity index (χ3n) is 3.21. The molecule has 0 spiro atoms. The van der Waals surface area contributed by atoms with E-state index < -0.39 is 6.10 Å². The second-order valence-electron chi connectivity index (χ2n) is 4.80. The van der Waals surface area contributed by atoms with Crippen LogP contribution in [0.4, 0.5) is 0 Å². The first-order chi connectivity index (χ1) is 8.70. The number of benzene rings is 1. The van der Waals surface area contributed by atoms with E-state index in [-0.39, 0.29) is 6.04 Å². The Kier molecular flexibility index (Phi) is 4.58. The number of morpholine rings is 1. The molecule has 0 radical (unpaired) electrons. The number of methoxy groups -OCH3 is 1. The van der Waals surface area contributed by atoms with Crippen molar-refractivity contribution in [2.45, 2.75) is 31.5 Å². The van der Waals surface area contributed by atoms with Crippen molar-refractivity contribution in [1.82, 2.24) is 5.32 Å². The highest BCUT2D eigenvalue weighted by Gasteiger charge is 2.23. The van der Waals surface area contributed by atoms with Gasteiger partial charge in [-0.15, -0.1) is 0 Å². The highest BCUT2D eigenvalue weighted by atomic mass is 16.5. The second kappa shape index (κ2) is 6.18. The van der Waals surface area contributed by atoms with Crippen LogP contribution in [0, 0.1) is 0 Å². The molecule has 1 aliphatic heterocycles. The lowest BCUT2D eigenvalue weighted by Crippen LogP contribution is -2.47. The third-order valence-corrected chi connectivity index (χ3v) is 3.21. The Hall–Kier alpha value is -1.10. The summed E-state index contributed by atoms with van der Waals surface area (Å²) in [4.78, 5) is 0. The normalized spacial score (nSPS) is 25.7. The van der Waals surface area contributed by atoms with Crippen LogP contribution in [0.1, 0.15) is 25.0 Å². The van der Waals surface area contributed by atoms with Crippen molar-refractivity contribution in [1.29, 1.82) is 0 Å². The summed E-state index contributed by atoms with van der Waals surface area (Å²) in [5, 5.41) is 13.7. The fourth-order valence-electron chi connectivity index (χ4n) is 2.36. The lowest BCUT2D eigenvalue weighted by atomic mass is 10.0. The van der Waals surface area contributed by atoms with Gasteiger partial charge in [-0.25, -0.2) is 0 Å². The van der Waals surface area contributed by atoms with Crippen LogP contribution < -0.4 is 10.1 Å². The topological polar surface area (TPSA) is 50.7 Å². The third kappa shape index (κ3) is 3.22. The zero-order valence-corrected chi connectivity index (χ0v) is 10.9. The molecule has 3 unspecified atom stereocenters. The van der Waals surface area contributed by atoms with E-state index in [1.165, 1.54) is 0 Å². The molecule has 100 valence electrons. The molecule has 1 aromatic rings. The monoisotopic (exact) mass is 251 g/mol. The second-order valence-corrected chi connectivity index (χ2v) is 4.80. The number of para-hydroxylation sites is 1. The molecule has 1 aliphatic rings. The summed E-state index contributed by atoms with van der Waals surface area (Å²) >= 11 is 0. The molecule has 18 heavy (non-hydrogen) atoms. The van der Waals surface area contributed by atoms with Crippen LogP contribution in [-0.4, -0.2) is 37.5 Å². The van der Waals surface area contributed by atoms with Gasteiger partial charge in [-0.05, 0) is 19.4 Å². The zero-order chi connectivity index (χ0) is 13.0. The summed E-state index contributed by atoms with van der Waals surface area (Å²) in [6.07, 6.45) is 0.0950. The first kappa shape index (κ1) is 13.3. The zero-order valence-electron chi connectivity index (χ0n) is 10.9. The molecule has 0 aromatic heterocycles. The largest absolute Gasteiger partial charge is 0.496 e. The van der Waals surface area contributed by atoms with Crippen molar-refractivity contribution in [3.05, 3.63) is 29.8 Å². The number of aliphatic hydroxyl groups excluding tert-OH is 1. The minimum atomic E-state index is -0.535. The molecule has 3 atom stereocenters. The van der Waals surface area contributed by atoms with Gasteiger partial charge in [-0.2, -0.15) is 0 Å². The Morgan fingerprint density at radius 1 is 1.44 bits per heavy atom. The van der Waals surface area contributed by atoms with E-state index in [9.17, 15) is 5.11 Å². The average molecular weight is 251 g/mol. The van der Waals surface area contributed by atoms with E-state index in [0.717, 1.165) is 17.9 Å². The van der Waals surface area contributed by atoms with E-state index in [4.69, 9.17) is 9.47 Å². The Morgan fingerprint density at radius 2 is 2.22 bits per heavy atom. The van der Waals surface area contributed by atoms with Gasteiger partial charge in [0.05, 0.1) is 26.4 Å². The molecule has 1 aromatic carbocycles. The lowest BCUT2D eigenvalue weighted by Gasteiger charge is -2.30. The van der Waals surface area contributed by atoms with E-state index in [0.29, 0.717) is 19.1 Å². The number of ether oxygens (including phenoxy) is 2. The van der Waals surface area contributed by atoms with E-state index in [1.807, 2.05) is 24.3 Å². The number of hydrogen-bond acceptors (Lipinski definition) is 4. The Labute approximate surface area is 108 Å². The molecule has 2 N–H and O–H groups in total. The maximum atomic E-state index is 10.3. The van der Waals surface area contributed by atoms with Crippen LogP contribution in [0.15, 0.2) is 24.3 Å². The summed E-state index contributed by atoms with van der Waals surface area (Å²) in [6.45, 7) is 3.47. The summed E-state index contributed by atoms with van der Waals surface area (Å²) in [5.41, 5.74) is 0.833. The van der Waals surface area contributed by atoms with Crippen molar-refractivity contribution >= 4 is 0 Å². The van der Waals surface area contributed by atoms with Gasteiger partial charge < -0.3 is 19.9 Å². The standard InChI is InChI=1S/C14H21NO3/c1-10-8-18-9-11(15-10)7-13(16)12-5-3-4-6-14(12)17-2/h3-6,10-11,13,15-16H,7-9H2,1-2H3. The van der Waals surface area contributed by atoms with Crippen LogP contribution in [0.2, 0.25) is 0 Å². The van der Waals surface area contributed by atoms with Crippen LogP contribution in [0.25, 0.3) is 0 Å². The number of nitrogens with one attached hydrogen (secondary N) is 1. The summed E-state index contributed by atoms with van der Waals surface area (Å²) in [6, 6.07) is 8.11. The minimum Gasteiger partial charge on any atom is -0.496 e. The first-order valence-electron chi connectivity index (χ1n) is 6.35. The van der Waals surface area contributed by atoms with Crippen molar-refractivity contribution in [2.75, 3.05) is 20.3 Å². The van der Waals surface area contributed by atoms with Gasteiger partial charge in [-0.1, -0.05) is 18.2 Å². The number of hydrogen-bond donors (Lipinski definition) is 2. The van der Waals surface area contributed by atoms with E-state index in [2.05, 4.69) is 12.2 Å². The van der Waals surface area contributed by atoms with Gasteiger partial charge >= 0.3 is 0 Å². The number of rotatable bonds is 4. The fourth-order valence-corrected chi connectivity index (χ4v) is 2.36. The van der Waals surface area contributed by atoms with Gasteiger partial charge in [-0.3, -0.25) is 0 Å². The van der Waals surface area contributed by atoms with E-state index in [1.54, 1.807) is 7.11 Å². The molecule has 2 rings (SSSR count). The molecule has 1 fully saturated rings. The van der Waals surface area contributed by atoms with Gasteiger partial charge in [0.15, 0.2) is 0 Å². The maximum absolute atomic E-state index is 10.3. The van der Waals surface area contributed by atoms with Crippen molar-refractivity contribution < 1.29 is 14.6 Å². The fraction of sp³-hybridized carbons (Fsp3) is 0.571. The summed E-state index contributed by atoms with van der Waals surface area (Å²) in [5.74, 6) is 0.731. The Balaban J connectivity index is 2.00. The molecule has 0 bridgehead atoms. The molecule has 0 amide bonds. The molecule has 4 heteroatoms. The molecule has 4 nitrogen and oxygen atoms in total. The predicted octanol–water partition coefficient (Wildman–Crippen LogP) is 1.50. The summed E-state index contributed by atoms with van der Waals surface area (Å²) < 4.78 is 10.7. The predicted molar refractivity (Wildman–Crippen MR) is 69.8 cm³/mol. The highest BCUT2D eigenvalue weighted by Crippen LogP contribution is 2.28. The minimum absolute atomic E-state index is 0.189. The van der Waals surface area contributed by atoms with Crippen molar-refractivity contribution in [3.8, 4) is 5.75 Å². The highest BCUT2D eigenvalue weighted by molar-refractivity contribution is 5.35. The molecule has 0 aliphatic carbocycles. The quantitative estimate of drug-likeness (QED) is 0.851. The smallest absolute Gasteiger partial charge is 0.124 e. The molecule has 1 heterocycles. The summed E-state index contributed by atoms with van der Waals surface area (Å²) in [7, 11) is 1.62. The lowest BCUT2D eigenvalue weighted by molar-refractivity contribution is 0.0300. The molecular formula is C14H21NO3. The SMILES string of the molecule is COc1ccccc1C(O)CC1COCC(C)N1. The van der Waals surface area contributed by atoms with Crippen LogP contribution in [0.5, 0.6) is 5.75 Å². The number of aliphatic hydroxyl groups is 1. The average Bonchev–Trinajstić information content (AvgIpc) is 2.38. The molecule has 0 saturated carbocycles. The maximum Gasteiger partial charge on any atom is 0.124 e. The Morgan fingerprint density at radius 3 is 2.94 bits per heavy atom. The van der Waals surface area contributed by atoms with Crippen LogP contribution in [0.3, 0.4) is 0 Å². The Bertz CT molecular complexity index is 383. The van der Waals surface area contributed by atoms with Gasteiger partial charge in [0.25, 0.3) is 0 Å². The molecular weight excluding hydrogens is 230 g/mol. The van der Waals surface area contributed by atoms with E-state index >= 15 is 0 Å². The molecule has 1 saturated heterocycles.